The smallest absolute Gasteiger partial charge is 0.355 e. The Hall–Kier alpha value is -3.29. The predicted molar refractivity (Wildman–Crippen MR) is 93.8 cm³/mol. The lowest BCUT2D eigenvalue weighted by molar-refractivity contribution is 0.0272. The van der Waals surface area contributed by atoms with E-state index in [-0.39, 0.29) is 29.1 Å². The summed E-state index contributed by atoms with van der Waals surface area (Å²) in [7, 11) is 0. The van der Waals surface area contributed by atoms with E-state index in [1.807, 2.05) is 0 Å². The Morgan fingerprint density at radius 2 is 1.85 bits per heavy atom. The zero-order chi connectivity index (χ0) is 19.7. The second-order valence-corrected chi connectivity index (χ2v) is 6.18. The van der Waals surface area contributed by atoms with E-state index >= 15 is 0 Å². The van der Waals surface area contributed by atoms with E-state index in [1.165, 1.54) is 31.2 Å². The molecule has 0 fully saturated rings. The van der Waals surface area contributed by atoms with Crippen LogP contribution in [-0.2, 0) is 4.74 Å². The normalized spacial score (nSPS) is 12.0. The van der Waals surface area contributed by atoms with Crippen LogP contribution in [0.3, 0.4) is 0 Å². The van der Waals surface area contributed by atoms with Crippen LogP contribution in [0.5, 0.6) is 0 Å². The van der Waals surface area contributed by atoms with Crippen molar-refractivity contribution >= 4 is 11.8 Å². The molecule has 0 aliphatic heterocycles. The van der Waals surface area contributed by atoms with Crippen LogP contribution in [0.15, 0.2) is 28.7 Å². The van der Waals surface area contributed by atoms with Gasteiger partial charge in [0.25, 0.3) is 5.89 Å². The number of carbonyl (C=O) groups is 2. The molecule has 7 nitrogen and oxygen atoms in total. The van der Waals surface area contributed by atoms with Gasteiger partial charge in [-0.25, -0.2) is 9.18 Å². The minimum Gasteiger partial charge on any atom is -0.448 e. The molecule has 8 heteroatoms. The lowest BCUT2D eigenvalue weighted by atomic mass is 10.1. The van der Waals surface area contributed by atoms with E-state index in [0.717, 1.165) is 0 Å². The van der Waals surface area contributed by atoms with E-state index in [9.17, 15) is 14.0 Å². The van der Waals surface area contributed by atoms with Crippen molar-refractivity contribution in [3.8, 4) is 11.5 Å². The minimum absolute atomic E-state index is 0.107. The quantitative estimate of drug-likeness (QED) is 0.539. The Labute approximate surface area is 154 Å². The molecule has 0 unspecified atom stereocenters. The van der Waals surface area contributed by atoms with E-state index in [1.54, 1.807) is 20.8 Å². The number of aryl methyl sites for hydroxylation is 1. The maximum atomic E-state index is 13.0. The van der Waals surface area contributed by atoms with Gasteiger partial charge in [0.1, 0.15) is 11.5 Å². The predicted octanol–water partition coefficient (Wildman–Crippen LogP) is 3.94. The molecule has 27 heavy (non-hydrogen) atoms. The highest BCUT2D eigenvalue weighted by atomic mass is 19.1. The Morgan fingerprint density at radius 3 is 2.44 bits per heavy atom. The molecule has 2 aromatic heterocycles. The Bertz CT molecular complexity index is 1000. The molecule has 0 radical (unpaired) electrons. The molecule has 0 amide bonds. The zero-order valence-corrected chi connectivity index (χ0v) is 15.3. The van der Waals surface area contributed by atoms with Crippen LogP contribution in [0.4, 0.5) is 4.39 Å². The summed E-state index contributed by atoms with van der Waals surface area (Å²) in [5.41, 5.74) is 2.38. The number of H-pyrrole nitrogens is 1. The van der Waals surface area contributed by atoms with Gasteiger partial charge in [0.15, 0.2) is 11.9 Å². The van der Waals surface area contributed by atoms with Gasteiger partial charge in [-0.1, -0.05) is 0 Å². The van der Waals surface area contributed by atoms with E-state index < -0.39 is 12.1 Å². The van der Waals surface area contributed by atoms with Crippen molar-refractivity contribution in [2.45, 2.75) is 33.8 Å². The van der Waals surface area contributed by atoms with Gasteiger partial charge in [0, 0.05) is 16.8 Å². The van der Waals surface area contributed by atoms with Crippen molar-refractivity contribution in [2.75, 3.05) is 0 Å². The molecular weight excluding hydrogens is 353 g/mol. The highest BCUT2D eigenvalue weighted by Gasteiger charge is 2.25. The third-order valence-electron chi connectivity index (χ3n) is 4.16. The maximum absolute atomic E-state index is 13.0. The van der Waals surface area contributed by atoms with Crippen LogP contribution in [0.1, 0.15) is 57.9 Å². The molecule has 0 bridgehead atoms. The molecule has 0 saturated heterocycles. The molecular formula is C19H18FN3O4. The van der Waals surface area contributed by atoms with Gasteiger partial charge < -0.3 is 14.1 Å². The fraction of sp³-hybridized carbons (Fsp3) is 0.263. The Morgan fingerprint density at radius 1 is 1.19 bits per heavy atom. The van der Waals surface area contributed by atoms with Crippen LogP contribution in [0.2, 0.25) is 0 Å². The third kappa shape index (κ3) is 3.64. The summed E-state index contributed by atoms with van der Waals surface area (Å²) in [4.78, 5) is 27.0. The maximum Gasteiger partial charge on any atom is 0.355 e. The number of nitrogens with zero attached hydrogens (tertiary/aromatic N) is 2. The SMILES string of the molecule is CC(=O)c1c(C)[nH]c(C(=O)O[C@H](C)c2nnc(-c3ccc(F)cc3)o2)c1C. The summed E-state index contributed by atoms with van der Waals surface area (Å²) in [6, 6.07) is 5.59. The first-order valence-corrected chi connectivity index (χ1v) is 8.28. The van der Waals surface area contributed by atoms with Gasteiger partial charge in [-0.3, -0.25) is 4.79 Å². The molecule has 0 aliphatic carbocycles. The second kappa shape index (κ2) is 7.14. The summed E-state index contributed by atoms with van der Waals surface area (Å²) in [5, 5.41) is 7.78. The topological polar surface area (TPSA) is 98.1 Å². The first-order valence-electron chi connectivity index (χ1n) is 8.28. The third-order valence-corrected chi connectivity index (χ3v) is 4.16. The van der Waals surface area contributed by atoms with Gasteiger partial charge in [0.05, 0.1) is 0 Å². The number of hydrogen-bond acceptors (Lipinski definition) is 6. The number of hydrogen-bond donors (Lipinski definition) is 1. The lowest BCUT2D eigenvalue weighted by Crippen LogP contribution is -2.11. The first-order chi connectivity index (χ1) is 12.8. The summed E-state index contributed by atoms with van der Waals surface area (Å²) < 4.78 is 23.9. The fourth-order valence-corrected chi connectivity index (χ4v) is 2.86. The van der Waals surface area contributed by atoms with E-state index in [0.29, 0.717) is 22.4 Å². The average molecular weight is 371 g/mol. The number of rotatable bonds is 5. The van der Waals surface area contributed by atoms with Crippen LogP contribution in [0.25, 0.3) is 11.5 Å². The van der Waals surface area contributed by atoms with Gasteiger partial charge in [-0.2, -0.15) is 0 Å². The van der Waals surface area contributed by atoms with Crippen molar-refractivity contribution in [3.05, 3.63) is 58.5 Å². The summed E-state index contributed by atoms with van der Waals surface area (Å²) in [6.07, 6.45) is -0.803. The van der Waals surface area contributed by atoms with Gasteiger partial charge in [0.2, 0.25) is 5.89 Å². The molecule has 1 aromatic carbocycles. The molecule has 0 saturated carbocycles. The summed E-state index contributed by atoms with van der Waals surface area (Å²) in [6.45, 7) is 6.44. The number of carbonyl (C=O) groups excluding carboxylic acids is 2. The lowest BCUT2D eigenvalue weighted by Gasteiger charge is -2.09. The average Bonchev–Trinajstić information content (AvgIpc) is 3.20. The van der Waals surface area contributed by atoms with Crippen molar-refractivity contribution in [1.29, 1.82) is 0 Å². The summed E-state index contributed by atoms with van der Waals surface area (Å²) >= 11 is 0. The Kier molecular flexibility index (Phi) is 4.89. The molecule has 140 valence electrons. The van der Waals surface area contributed by atoms with Crippen LogP contribution >= 0.6 is 0 Å². The van der Waals surface area contributed by atoms with E-state index in [2.05, 4.69) is 15.2 Å². The standard InChI is InChI=1S/C19H18FN3O4/c1-9-15(11(3)24)10(2)21-16(9)19(25)26-12(4)17-22-23-18(27-17)13-5-7-14(20)8-6-13/h5-8,12,21H,1-4H3/t12-/m1/s1. The largest absolute Gasteiger partial charge is 0.448 e. The van der Waals surface area contributed by atoms with Gasteiger partial charge in [-0.15, -0.1) is 10.2 Å². The summed E-state index contributed by atoms with van der Waals surface area (Å²) in [5.74, 6) is -0.831. The monoisotopic (exact) mass is 371 g/mol. The van der Waals surface area contributed by atoms with Crippen LogP contribution in [0, 0.1) is 19.7 Å². The van der Waals surface area contributed by atoms with Crippen molar-refractivity contribution in [3.63, 3.8) is 0 Å². The van der Waals surface area contributed by atoms with Gasteiger partial charge in [-0.05, 0) is 57.5 Å². The fourth-order valence-electron chi connectivity index (χ4n) is 2.86. The second-order valence-electron chi connectivity index (χ2n) is 6.18. The van der Waals surface area contributed by atoms with Crippen LogP contribution < -0.4 is 0 Å². The number of nitrogens with one attached hydrogen (secondary N) is 1. The number of aromatic amines is 1. The highest BCUT2D eigenvalue weighted by Crippen LogP contribution is 2.25. The van der Waals surface area contributed by atoms with Crippen molar-refractivity contribution in [2.24, 2.45) is 0 Å². The number of esters is 1. The molecule has 1 atom stereocenters. The molecule has 0 spiro atoms. The van der Waals surface area contributed by atoms with Crippen LogP contribution in [-0.4, -0.2) is 26.9 Å². The van der Waals surface area contributed by atoms with Gasteiger partial charge >= 0.3 is 5.97 Å². The minimum atomic E-state index is -0.803. The van der Waals surface area contributed by atoms with Crippen molar-refractivity contribution in [1.82, 2.24) is 15.2 Å². The number of Topliss-reactive ketones (excluding diaryl/α,β-unsaturated/α-hetero) is 1. The number of benzene rings is 1. The van der Waals surface area contributed by atoms with Crippen molar-refractivity contribution < 1.29 is 23.1 Å². The zero-order valence-electron chi connectivity index (χ0n) is 15.3. The molecule has 3 aromatic rings. The molecule has 0 aliphatic rings. The number of aromatic nitrogens is 3. The number of halogens is 1. The number of ether oxygens (including phenoxy) is 1. The number of ketones is 1. The molecule has 1 N–H and O–H groups in total. The molecule has 3 rings (SSSR count). The van der Waals surface area contributed by atoms with E-state index in [4.69, 9.17) is 9.15 Å². The Balaban J connectivity index is 1.77. The molecule has 2 heterocycles. The first kappa shape index (κ1) is 18.5. The highest BCUT2D eigenvalue weighted by molar-refractivity contribution is 6.01.